The molecule has 2 saturated heterocycles. The van der Waals surface area contributed by atoms with Gasteiger partial charge < -0.3 is 78.0 Å². The number of hydroxylamine groups is 2. The number of carbonyl (C=O) groups is 1. The van der Waals surface area contributed by atoms with Gasteiger partial charge in [0, 0.05) is 25.7 Å². The first-order chi connectivity index (χ1) is 20.0. The van der Waals surface area contributed by atoms with E-state index in [-0.39, 0.29) is 32.2 Å². The lowest BCUT2D eigenvalue weighted by molar-refractivity contribution is -0.314. The summed E-state index contributed by atoms with van der Waals surface area (Å²) in [5.74, 6) is 0. The summed E-state index contributed by atoms with van der Waals surface area (Å²) in [6.45, 7) is 0.356. The van der Waals surface area contributed by atoms with Crippen LogP contribution >= 0.6 is 0 Å². The Morgan fingerprint density at radius 2 is 1.67 bits per heavy atom. The standard InChI is InChI=1S/C24H49N7O11/c25-4-6-31(38)24(37)30-14-8-13(27)20(41-22-12(26)3-2-11(39-22)9-29-5-1-7-32)19(36)21(14)42-23-18(35)16(28)17(34)15(10-33)40-23/h11-23,29,32-36,38H,1-10,25-28H2,(H,30,37)/t11-,12+,13-,14+,15+,16-,17+,18+,19-,20?,21-,22+,23+/m0/s1. The first-order valence-corrected chi connectivity index (χ1v) is 14.3. The van der Waals surface area contributed by atoms with Crippen LogP contribution in [0.5, 0.6) is 0 Å². The van der Waals surface area contributed by atoms with Crippen molar-refractivity contribution >= 4 is 6.03 Å². The van der Waals surface area contributed by atoms with Crippen LogP contribution in [0.1, 0.15) is 25.7 Å². The molecule has 0 aromatic carbocycles. The van der Waals surface area contributed by atoms with Gasteiger partial charge in [-0.15, -0.1) is 0 Å². The predicted molar refractivity (Wildman–Crippen MR) is 144 cm³/mol. The highest BCUT2D eigenvalue weighted by molar-refractivity contribution is 5.73. The van der Waals surface area contributed by atoms with Crippen molar-refractivity contribution in [1.82, 2.24) is 15.7 Å². The number of urea groups is 1. The quantitative estimate of drug-likeness (QED) is 0.0524. The lowest BCUT2D eigenvalue weighted by Gasteiger charge is -2.48. The van der Waals surface area contributed by atoms with E-state index in [1.807, 2.05) is 0 Å². The first kappa shape index (κ1) is 35.2. The lowest BCUT2D eigenvalue weighted by Crippen LogP contribution is -2.69. The topological polar surface area (TPSA) is 307 Å². The molecule has 2 heterocycles. The fourth-order valence-corrected chi connectivity index (χ4v) is 5.36. The molecular formula is C24H49N7O11. The minimum absolute atomic E-state index is 0.0103. The monoisotopic (exact) mass is 611 g/mol. The van der Waals surface area contributed by atoms with Gasteiger partial charge in [-0.2, -0.15) is 0 Å². The number of amides is 2. The summed E-state index contributed by atoms with van der Waals surface area (Å²) in [4.78, 5) is 12.6. The van der Waals surface area contributed by atoms with Crippen molar-refractivity contribution < 1.29 is 54.5 Å². The van der Waals surface area contributed by atoms with Crippen LogP contribution in [0.3, 0.4) is 0 Å². The maximum absolute atomic E-state index is 12.6. The van der Waals surface area contributed by atoms with Gasteiger partial charge in [0.1, 0.15) is 36.6 Å². The molecule has 18 nitrogen and oxygen atoms in total. The molecule has 246 valence electrons. The zero-order valence-corrected chi connectivity index (χ0v) is 23.6. The Morgan fingerprint density at radius 3 is 2.33 bits per heavy atom. The van der Waals surface area contributed by atoms with E-state index in [2.05, 4.69) is 10.6 Å². The molecule has 3 fully saturated rings. The third-order valence-corrected chi connectivity index (χ3v) is 7.80. The molecule has 1 saturated carbocycles. The fraction of sp³-hybridized carbons (Fsp3) is 0.958. The predicted octanol–water partition coefficient (Wildman–Crippen LogP) is -5.85. The number of hydrogen-bond donors (Lipinski definition) is 12. The van der Waals surface area contributed by atoms with Crippen LogP contribution in [0.25, 0.3) is 0 Å². The molecule has 2 amide bonds. The van der Waals surface area contributed by atoms with E-state index in [4.69, 9.17) is 47.0 Å². The Bertz CT molecular complexity index is 821. The van der Waals surface area contributed by atoms with Crippen molar-refractivity contribution in [2.75, 3.05) is 39.4 Å². The van der Waals surface area contributed by atoms with Gasteiger partial charge in [0.25, 0.3) is 0 Å². The average molecular weight is 612 g/mol. The number of nitrogens with zero attached hydrogens (tertiary/aromatic N) is 1. The number of carbonyl (C=O) groups excluding carboxylic acids is 1. The molecule has 13 atom stereocenters. The fourth-order valence-electron chi connectivity index (χ4n) is 5.36. The molecule has 3 rings (SSSR count). The molecule has 18 heteroatoms. The second-order valence-electron chi connectivity index (χ2n) is 11.0. The number of nitrogens with one attached hydrogen (secondary N) is 2. The van der Waals surface area contributed by atoms with Gasteiger partial charge >= 0.3 is 6.03 Å². The number of hydrogen-bond acceptors (Lipinski definition) is 16. The maximum Gasteiger partial charge on any atom is 0.341 e. The van der Waals surface area contributed by atoms with Crippen LogP contribution in [0.4, 0.5) is 4.79 Å². The largest absolute Gasteiger partial charge is 0.396 e. The highest BCUT2D eigenvalue weighted by Crippen LogP contribution is 2.31. The molecular weight excluding hydrogens is 562 g/mol. The second-order valence-corrected chi connectivity index (χ2v) is 11.0. The third kappa shape index (κ3) is 8.87. The summed E-state index contributed by atoms with van der Waals surface area (Å²) in [6.07, 6.45) is -8.99. The zero-order chi connectivity index (χ0) is 31.0. The van der Waals surface area contributed by atoms with Crippen molar-refractivity contribution in [2.24, 2.45) is 22.9 Å². The number of rotatable bonds is 13. The molecule has 16 N–H and O–H groups in total. The number of ether oxygens (including phenoxy) is 4. The normalized spacial score (nSPS) is 41.0. The Morgan fingerprint density at radius 1 is 0.952 bits per heavy atom. The van der Waals surface area contributed by atoms with Crippen LogP contribution in [-0.2, 0) is 18.9 Å². The second kappa shape index (κ2) is 16.7. The Labute approximate surface area is 244 Å². The van der Waals surface area contributed by atoms with Gasteiger partial charge in [0.2, 0.25) is 0 Å². The van der Waals surface area contributed by atoms with Crippen LogP contribution in [-0.4, -0.2) is 161 Å². The van der Waals surface area contributed by atoms with Crippen LogP contribution in [0, 0.1) is 0 Å². The van der Waals surface area contributed by atoms with Crippen molar-refractivity contribution in [3.05, 3.63) is 0 Å². The smallest absolute Gasteiger partial charge is 0.341 e. The van der Waals surface area contributed by atoms with Crippen molar-refractivity contribution in [1.29, 1.82) is 0 Å². The highest BCUT2D eigenvalue weighted by atomic mass is 16.7. The lowest BCUT2D eigenvalue weighted by atomic mass is 9.83. The summed E-state index contributed by atoms with van der Waals surface area (Å²) >= 11 is 0. The Balaban J connectivity index is 1.77. The minimum atomic E-state index is -1.57. The van der Waals surface area contributed by atoms with E-state index < -0.39 is 86.0 Å². The van der Waals surface area contributed by atoms with Gasteiger partial charge in [-0.25, -0.2) is 9.86 Å². The van der Waals surface area contributed by atoms with E-state index in [0.717, 1.165) is 0 Å². The van der Waals surface area contributed by atoms with Crippen molar-refractivity contribution in [3.63, 3.8) is 0 Å². The van der Waals surface area contributed by atoms with Gasteiger partial charge in [-0.1, -0.05) is 0 Å². The van der Waals surface area contributed by atoms with Crippen LogP contribution < -0.4 is 33.6 Å². The van der Waals surface area contributed by atoms with Crippen LogP contribution in [0.2, 0.25) is 0 Å². The van der Waals surface area contributed by atoms with Crippen LogP contribution in [0.15, 0.2) is 0 Å². The van der Waals surface area contributed by atoms with Gasteiger partial charge in [-0.3, -0.25) is 5.21 Å². The Hall–Kier alpha value is -1.33. The summed E-state index contributed by atoms with van der Waals surface area (Å²) in [6, 6.07) is -4.60. The molecule has 0 radical (unpaired) electrons. The maximum atomic E-state index is 12.6. The van der Waals surface area contributed by atoms with E-state index in [0.29, 0.717) is 37.4 Å². The molecule has 0 bridgehead atoms. The zero-order valence-electron chi connectivity index (χ0n) is 23.6. The van der Waals surface area contributed by atoms with Crippen molar-refractivity contribution in [2.45, 2.75) is 105 Å². The highest BCUT2D eigenvalue weighted by Gasteiger charge is 2.51. The van der Waals surface area contributed by atoms with Gasteiger partial charge in [0.15, 0.2) is 12.6 Å². The molecule has 42 heavy (non-hydrogen) atoms. The molecule has 2 aliphatic heterocycles. The van der Waals surface area contributed by atoms with Gasteiger partial charge in [0.05, 0.1) is 37.4 Å². The Kier molecular flexibility index (Phi) is 13.9. The van der Waals surface area contributed by atoms with E-state index in [1.54, 1.807) is 0 Å². The molecule has 1 aliphatic carbocycles. The summed E-state index contributed by atoms with van der Waals surface area (Å²) in [5.41, 5.74) is 24.0. The molecule has 0 aromatic heterocycles. The number of nitrogens with two attached hydrogens (primary N) is 4. The molecule has 0 spiro atoms. The van der Waals surface area contributed by atoms with E-state index in [9.17, 15) is 30.4 Å². The summed E-state index contributed by atoms with van der Waals surface area (Å²) in [5, 5.41) is 67.0. The van der Waals surface area contributed by atoms with E-state index in [1.165, 1.54) is 0 Å². The third-order valence-electron chi connectivity index (χ3n) is 7.80. The molecule has 3 aliphatic rings. The summed E-state index contributed by atoms with van der Waals surface area (Å²) < 4.78 is 23.7. The molecule has 1 unspecified atom stereocenters. The average Bonchev–Trinajstić information content (AvgIpc) is 2.96. The van der Waals surface area contributed by atoms with E-state index >= 15 is 0 Å². The van der Waals surface area contributed by atoms with Crippen molar-refractivity contribution in [3.8, 4) is 0 Å². The molecule has 0 aromatic rings. The number of aliphatic hydroxyl groups is 5. The summed E-state index contributed by atoms with van der Waals surface area (Å²) in [7, 11) is 0. The SMILES string of the molecule is NCCN(O)C(=O)N[C@@H]1C[C@H](N)C(O[C@H]2O[C@H](CNCCCO)CC[C@H]2N)[C@H](O)[C@H]1O[C@H]1O[C@H](CO)[C@@H](O)[C@H](N)[C@H]1O. The minimum Gasteiger partial charge on any atom is -0.396 e. The first-order valence-electron chi connectivity index (χ1n) is 14.3. The number of aliphatic hydroxyl groups excluding tert-OH is 5. The van der Waals surface area contributed by atoms with Gasteiger partial charge in [-0.05, 0) is 32.2 Å².